The highest BCUT2D eigenvalue weighted by Gasteiger charge is 2.28. The van der Waals surface area contributed by atoms with Crippen LogP contribution in [0.4, 0.5) is 4.79 Å². The summed E-state index contributed by atoms with van der Waals surface area (Å²) in [5.74, 6) is 0.0270. The number of nitrogens with zero attached hydrogens (tertiary/aromatic N) is 1. The number of allylic oxidation sites excluding steroid dienone is 1. The minimum Gasteiger partial charge on any atom is -0.447 e. The Balaban J connectivity index is 1.88. The molecule has 128 valence electrons. The van der Waals surface area contributed by atoms with Crippen molar-refractivity contribution in [2.24, 2.45) is 0 Å². The first-order chi connectivity index (χ1) is 12.2. The normalized spacial score (nSPS) is 14.9. The van der Waals surface area contributed by atoms with Crippen molar-refractivity contribution in [2.45, 2.75) is 12.8 Å². The number of carbonyl (C=O) groups is 2. The summed E-state index contributed by atoms with van der Waals surface area (Å²) in [7, 11) is 0. The van der Waals surface area contributed by atoms with Crippen LogP contribution in [0.5, 0.6) is 0 Å². The van der Waals surface area contributed by atoms with Crippen LogP contribution in [-0.4, -0.2) is 29.9 Å². The molecular formula is C20H18INO3. The fraction of sp³-hybridized carbons (Fsp3) is 0.200. The number of Topliss-reactive ketones (excluding diaryl/α,β-unsaturated/α-hetero) is 1. The number of benzene rings is 2. The molecule has 0 aliphatic carbocycles. The fourth-order valence-corrected chi connectivity index (χ4v) is 3.78. The van der Waals surface area contributed by atoms with Crippen LogP contribution in [-0.2, 0) is 16.0 Å². The van der Waals surface area contributed by atoms with E-state index in [1.165, 1.54) is 4.90 Å². The van der Waals surface area contributed by atoms with Gasteiger partial charge in [0.1, 0.15) is 6.61 Å². The van der Waals surface area contributed by atoms with Gasteiger partial charge in [-0.1, -0.05) is 60.7 Å². The van der Waals surface area contributed by atoms with Gasteiger partial charge in [0.15, 0.2) is 5.78 Å². The lowest BCUT2D eigenvalue weighted by Crippen LogP contribution is -2.23. The highest BCUT2D eigenvalue weighted by atomic mass is 127. The van der Waals surface area contributed by atoms with Crippen LogP contribution in [0.15, 0.2) is 64.4 Å². The van der Waals surface area contributed by atoms with Gasteiger partial charge in [0, 0.05) is 6.42 Å². The molecule has 3 rings (SSSR count). The number of rotatable bonds is 6. The Morgan fingerprint density at radius 1 is 1.04 bits per heavy atom. The summed E-state index contributed by atoms with van der Waals surface area (Å²) in [6.45, 7) is 0.824. The molecule has 1 saturated heterocycles. The summed E-state index contributed by atoms with van der Waals surface area (Å²) in [5.41, 5.74) is 2.53. The minimum absolute atomic E-state index is 0.0270. The van der Waals surface area contributed by atoms with Gasteiger partial charge in [0.05, 0.1) is 15.8 Å². The first kappa shape index (κ1) is 17.7. The lowest BCUT2D eigenvalue weighted by molar-refractivity contribution is -0.113. The van der Waals surface area contributed by atoms with Gasteiger partial charge in [-0.15, -0.1) is 0 Å². The molecule has 2 aromatic carbocycles. The Kier molecular flexibility index (Phi) is 5.86. The molecule has 25 heavy (non-hydrogen) atoms. The molecule has 0 spiro atoms. The van der Waals surface area contributed by atoms with Crippen LogP contribution >= 0.6 is 22.6 Å². The zero-order chi connectivity index (χ0) is 17.6. The Labute approximate surface area is 160 Å². The standard InChI is InChI=1S/C20H18INO3/c21-19(22-13-14-25-20(22)24)18(16-9-5-2-6-10-16)17(23)12-11-15-7-3-1-4-8-15/h1-10H,11-14H2/b19-18+. The highest BCUT2D eigenvalue weighted by molar-refractivity contribution is 14.1. The zero-order valence-electron chi connectivity index (χ0n) is 13.7. The number of ether oxygens (including phenoxy) is 1. The number of cyclic esters (lactones) is 1. The van der Waals surface area contributed by atoms with Crippen molar-refractivity contribution in [3.8, 4) is 0 Å². The minimum atomic E-state index is -0.395. The molecule has 0 N–H and O–H groups in total. The number of hydrogen-bond donors (Lipinski definition) is 0. The maximum atomic E-state index is 13.0. The third kappa shape index (κ3) is 4.28. The Morgan fingerprint density at radius 2 is 1.68 bits per heavy atom. The second kappa shape index (κ2) is 8.29. The van der Waals surface area contributed by atoms with Gasteiger partial charge in [0.25, 0.3) is 0 Å². The van der Waals surface area contributed by atoms with Crippen LogP contribution in [0.1, 0.15) is 17.5 Å². The number of aryl methyl sites for hydroxylation is 1. The first-order valence-electron chi connectivity index (χ1n) is 8.13. The summed E-state index contributed by atoms with van der Waals surface area (Å²) in [5, 5.41) is 0. The average molecular weight is 447 g/mol. The van der Waals surface area contributed by atoms with Gasteiger partial charge >= 0.3 is 6.09 Å². The van der Waals surface area contributed by atoms with Crippen molar-refractivity contribution in [3.63, 3.8) is 0 Å². The number of amides is 1. The smallest absolute Gasteiger partial charge is 0.414 e. The van der Waals surface area contributed by atoms with Crippen molar-refractivity contribution in [3.05, 3.63) is 75.5 Å². The third-order valence-electron chi connectivity index (χ3n) is 4.03. The summed E-state index contributed by atoms with van der Waals surface area (Å²) in [6.07, 6.45) is 0.669. The van der Waals surface area contributed by atoms with Crippen molar-refractivity contribution in [2.75, 3.05) is 13.2 Å². The van der Waals surface area contributed by atoms with E-state index in [2.05, 4.69) is 22.6 Å². The first-order valence-corrected chi connectivity index (χ1v) is 9.21. The third-order valence-corrected chi connectivity index (χ3v) is 5.15. The summed E-state index contributed by atoms with van der Waals surface area (Å²) in [6, 6.07) is 19.4. The van der Waals surface area contributed by atoms with Crippen LogP contribution in [0.25, 0.3) is 5.57 Å². The van der Waals surface area contributed by atoms with E-state index < -0.39 is 6.09 Å². The van der Waals surface area contributed by atoms with E-state index in [1.54, 1.807) is 0 Å². The van der Waals surface area contributed by atoms with Crippen molar-refractivity contribution < 1.29 is 14.3 Å². The Bertz CT molecular complexity index is 787. The molecule has 1 aliphatic heterocycles. The van der Waals surface area contributed by atoms with E-state index in [-0.39, 0.29) is 5.78 Å². The van der Waals surface area contributed by atoms with E-state index in [0.717, 1.165) is 11.1 Å². The zero-order valence-corrected chi connectivity index (χ0v) is 15.8. The number of ketones is 1. The molecule has 1 amide bonds. The van der Waals surface area contributed by atoms with Gasteiger partial charge in [0.2, 0.25) is 0 Å². The summed E-state index contributed by atoms with van der Waals surface area (Å²) >= 11 is 2.08. The van der Waals surface area contributed by atoms with Gasteiger partial charge < -0.3 is 4.74 Å². The van der Waals surface area contributed by atoms with Gasteiger partial charge in [-0.25, -0.2) is 4.79 Å². The van der Waals surface area contributed by atoms with Gasteiger partial charge in [-0.05, 0) is 40.1 Å². The molecule has 1 aliphatic rings. The van der Waals surface area contributed by atoms with Crippen molar-refractivity contribution in [1.82, 2.24) is 4.90 Å². The van der Waals surface area contributed by atoms with Crippen molar-refractivity contribution >= 4 is 40.0 Å². The predicted octanol–water partition coefficient (Wildman–Crippen LogP) is 4.44. The Morgan fingerprint density at radius 3 is 2.28 bits per heavy atom. The molecule has 0 saturated carbocycles. The molecule has 1 fully saturated rings. The van der Waals surface area contributed by atoms with E-state index in [0.29, 0.717) is 35.3 Å². The van der Waals surface area contributed by atoms with E-state index in [4.69, 9.17) is 4.74 Å². The maximum Gasteiger partial charge on any atom is 0.414 e. The van der Waals surface area contributed by atoms with Crippen LogP contribution in [0, 0.1) is 0 Å². The molecule has 4 nitrogen and oxygen atoms in total. The number of carbonyl (C=O) groups excluding carboxylic acids is 2. The summed E-state index contributed by atoms with van der Waals surface area (Å²) in [4.78, 5) is 26.4. The average Bonchev–Trinajstić information content (AvgIpc) is 3.08. The predicted molar refractivity (Wildman–Crippen MR) is 105 cm³/mol. The lowest BCUT2D eigenvalue weighted by atomic mass is 9.97. The molecule has 0 radical (unpaired) electrons. The fourth-order valence-electron chi connectivity index (χ4n) is 2.73. The molecule has 1 heterocycles. The largest absolute Gasteiger partial charge is 0.447 e. The lowest BCUT2D eigenvalue weighted by Gasteiger charge is -2.17. The number of hydrogen-bond acceptors (Lipinski definition) is 3. The monoisotopic (exact) mass is 447 g/mol. The van der Waals surface area contributed by atoms with Gasteiger partial charge in [-0.3, -0.25) is 9.69 Å². The van der Waals surface area contributed by atoms with E-state index >= 15 is 0 Å². The maximum absolute atomic E-state index is 13.0. The van der Waals surface area contributed by atoms with Crippen LogP contribution in [0.2, 0.25) is 0 Å². The molecule has 0 aromatic heterocycles. The molecule has 0 unspecified atom stereocenters. The molecule has 0 bridgehead atoms. The molecule has 2 aromatic rings. The molecule has 5 heteroatoms. The van der Waals surface area contributed by atoms with Gasteiger partial charge in [-0.2, -0.15) is 0 Å². The van der Waals surface area contributed by atoms with E-state index in [1.807, 2.05) is 60.7 Å². The molecular weight excluding hydrogens is 429 g/mol. The van der Waals surface area contributed by atoms with Crippen LogP contribution < -0.4 is 0 Å². The Hall–Kier alpha value is -2.15. The summed E-state index contributed by atoms with van der Waals surface area (Å²) < 4.78 is 5.65. The second-order valence-electron chi connectivity index (χ2n) is 5.71. The number of halogens is 1. The second-order valence-corrected chi connectivity index (χ2v) is 6.73. The topological polar surface area (TPSA) is 46.6 Å². The van der Waals surface area contributed by atoms with Crippen LogP contribution in [0.3, 0.4) is 0 Å². The van der Waals surface area contributed by atoms with Crippen molar-refractivity contribution in [1.29, 1.82) is 0 Å². The quantitative estimate of drug-likeness (QED) is 0.374. The highest BCUT2D eigenvalue weighted by Crippen LogP contribution is 2.30. The molecule has 0 atom stereocenters. The van der Waals surface area contributed by atoms with E-state index in [9.17, 15) is 9.59 Å². The SMILES string of the molecule is O=C(CCc1ccccc1)/C(=C(\I)N1CCOC1=O)c1ccccc1.